The number of rotatable bonds is 7. The van der Waals surface area contributed by atoms with Crippen LogP contribution in [0.4, 0.5) is 0 Å². The topological polar surface area (TPSA) is 56.8 Å². The van der Waals surface area contributed by atoms with E-state index in [1.807, 2.05) is 30.1 Å². The second kappa shape index (κ2) is 10.5. The van der Waals surface area contributed by atoms with Crippen molar-refractivity contribution < 1.29 is 9.53 Å². The Morgan fingerprint density at radius 1 is 1.22 bits per heavy atom. The molecule has 0 bridgehead atoms. The average Bonchev–Trinajstić information content (AvgIpc) is 3.29. The first-order valence-electron chi connectivity index (χ1n) is 11.7. The first kappa shape index (κ1) is 22.8. The van der Waals surface area contributed by atoms with E-state index in [-0.39, 0.29) is 17.9 Å². The van der Waals surface area contributed by atoms with Crippen molar-refractivity contribution in [3.63, 3.8) is 0 Å². The van der Waals surface area contributed by atoms with Crippen LogP contribution in [-0.4, -0.2) is 55.5 Å². The zero-order valence-electron chi connectivity index (χ0n) is 19.5. The highest BCUT2D eigenvalue weighted by Crippen LogP contribution is 2.29. The number of hydrazine groups is 1. The summed E-state index contributed by atoms with van der Waals surface area (Å²) in [6, 6.07) is 16.7. The molecule has 2 aromatic carbocycles. The average molecular weight is 437 g/mol. The summed E-state index contributed by atoms with van der Waals surface area (Å²) >= 11 is 0. The molecule has 172 valence electrons. The molecular formula is C26H36N4O2. The third-order valence-corrected chi connectivity index (χ3v) is 6.86. The van der Waals surface area contributed by atoms with E-state index in [2.05, 4.69) is 53.0 Å². The first-order chi connectivity index (χ1) is 15.5. The highest BCUT2D eigenvalue weighted by atomic mass is 16.5. The van der Waals surface area contributed by atoms with Gasteiger partial charge in [-0.15, -0.1) is 0 Å². The van der Waals surface area contributed by atoms with Gasteiger partial charge in [0.05, 0.1) is 13.0 Å². The molecule has 0 saturated carbocycles. The fourth-order valence-electron chi connectivity index (χ4n) is 5.22. The van der Waals surface area contributed by atoms with Crippen LogP contribution >= 0.6 is 0 Å². The summed E-state index contributed by atoms with van der Waals surface area (Å²) in [5, 5.41) is 0. The number of likely N-dealkylation sites (tertiary alicyclic amines) is 1. The molecule has 1 amide bonds. The number of nitrogens with zero attached hydrogens (tertiary/aromatic N) is 2. The van der Waals surface area contributed by atoms with Gasteiger partial charge >= 0.3 is 0 Å². The highest BCUT2D eigenvalue weighted by molar-refractivity contribution is 5.80. The quantitative estimate of drug-likeness (QED) is 0.699. The van der Waals surface area contributed by atoms with Gasteiger partial charge in [-0.3, -0.25) is 20.5 Å². The van der Waals surface area contributed by atoms with E-state index in [0.29, 0.717) is 19.0 Å². The third kappa shape index (κ3) is 5.31. The first-order valence-corrected chi connectivity index (χ1v) is 11.7. The summed E-state index contributed by atoms with van der Waals surface area (Å²) in [5.74, 6) is 1.57. The van der Waals surface area contributed by atoms with Crippen LogP contribution in [0.3, 0.4) is 0 Å². The minimum atomic E-state index is -0.0397. The number of nitrogens with one attached hydrogen (secondary N) is 2. The van der Waals surface area contributed by atoms with E-state index in [1.165, 1.54) is 11.1 Å². The maximum absolute atomic E-state index is 13.3. The summed E-state index contributed by atoms with van der Waals surface area (Å²) in [7, 11) is 3.66. The molecule has 2 heterocycles. The second-order valence-corrected chi connectivity index (χ2v) is 9.29. The van der Waals surface area contributed by atoms with Crippen molar-refractivity contribution in [2.45, 2.75) is 38.9 Å². The number of carbonyl (C=O) groups excluding carboxylic acids is 1. The second-order valence-electron chi connectivity index (χ2n) is 9.29. The van der Waals surface area contributed by atoms with Gasteiger partial charge in [0.1, 0.15) is 5.75 Å². The molecule has 6 heteroatoms. The van der Waals surface area contributed by atoms with E-state index in [9.17, 15) is 4.79 Å². The molecule has 0 radical (unpaired) electrons. The van der Waals surface area contributed by atoms with Crippen LogP contribution < -0.4 is 15.6 Å². The molecule has 2 aliphatic heterocycles. The SMILES string of the molecule is COc1ccc(C)cc1CN1CCCC(C2NNCC2C(=O)N(C)Cc2ccccc2)C1. The van der Waals surface area contributed by atoms with Crippen molar-refractivity contribution >= 4 is 5.91 Å². The van der Waals surface area contributed by atoms with Crippen LogP contribution in [0.5, 0.6) is 5.75 Å². The van der Waals surface area contributed by atoms with Gasteiger partial charge in [0.25, 0.3) is 0 Å². The van der Waals surface area contributed by atoms with Gasteiger partial charge in [0.2, 0.25) is 5.91 Å². The number of hydrogen-bond acceptors (Lipinski definition) is 5. The molecule has 2 fully saturated rings. The molecule has 6 nitrogen and oxygen atoms in total. The molecule has 0 aromatic heterocycles. The van der Waals surface area contributed by atoms with E-state index < -0.39 is 0 Å². The zero-order valence-corrected chi connectivity index (χ0v) is 19.5. The molecule has 2 aliphatic rings. The Bertz CT molecular complexity index is 904. The Morgan fingerprint density at radius 3 is 2.81 bits per heavy atom. The third-order valence-electron chi connectivity index (χ3n) is 6.86. The number of methoxy groups -OCH3 is 1. The summed E-state index contributed by atoms with van der Waals surface area (Å²) in [6.07, 6.45) is 2.30. The predicted molar refractivity (Wildman–Crippen MR) is 127 cm³/mol. The molecule has 32 heavy (non-hydrogen) atoms. The Balaban J connectivity index is 1.40. The molecule has 2 aromatic rings. The molecule has 2 N–H and O–H groups in total. The van der Waals surface area contributed by atoms with Gasteiger partial charge in [0.15, 0.2) is 0 Å². The predicted octanol–water partition coefficient (Wildman–Crippen LogP) is 2.97. The lowest BCUT2D eigenvalue weighted by molar-refractivity contribution is -0.135. The van der Waals surface area contributed by atoms with Crippen molar-refractivity contribution in [2.75, 3.05) is 33.8 Å². The largest absolute Gasteiger partial charge is 0.496 e. The van der Waals surface area contributed by atoms with Crippen molar-refractivity contribution in [1.29, 1.82) is 0 Å². The van der Waals surface area contributed by atoms with E-state index in [1.54, 1.807) is 7.11 Å². The number of benzene rings is 2. The Kier molecular flexibility index (Phi) is 7.45. The summed E-state index contributed by atoms with van der Waals surface area (Å²) in [6.45, 7) is 6.41. The lowest BCUT2D eigenvalue weighted by Gasteiger charge is -2.37. The van der Waals surface area contributed by atoms with Crippen LogP contribution in [0, 0.1) is 18.8 Å². The number of hydrogen-bond donors (Lipinski definition) is 2. The van der Waals surface area contributed by atoms with Crippen LogP contribution in [0.25, 0.3) is 0 Å². The normalized spacial score (nSPS) is 23.8. The number of aryl methyl sites for hydroxylation is 1. The van der Waals surface area contributed by atoms with E-state index in [4.69, 9.17) is 4.74 Å². The summed E-state index contributed by atoms with van der Waals surface area (Å²) < 4.78 is 5.59. The van der Waals surface area contributed by atoms with Crippen LogP contribution in [0.15, 0.2) is 48.5 Å². The molecule has 3 unspecified atom stereocenters. The Morgan fingerprint density at radius 2 is 2.03 bits per heavy atom. The smallest absolute Gasteiger partial charge is 0.228 e. The molecule has 2 saturated heterocycles. The van der Waals surface area contributed by atoms with Crippen molar-refractivity contribution in [1.82, 2.24) is 20.7 Å². The monoisotopic (exact) mass is 436 g/mol. The van der Waals surface area contributed by atoms with Gasteiger partial charge in [0, 0.05) is 44.8 Å². The van der Waals surface area contributed by atoms with E-state index in [0.717, 1.165) is 43.8 Å². The fraction of sp³-hybridized carbons (Fsp3) is 0.500. The summed E-state index contributed by atoms with van der Waals surface area (Å²) in [5.41, 5.74) is 10.4. The van der Waals surface area contributed by atoms with Gasteiger partial charge in [-0.1, -0.05) is 48.0 Å². The van der Waals surface area contributed by atoms with Crippen molar-refractivity contribution in [3.8, 4) is 5.75 Å². The number of carbonyl (C=O) groups is 1. The van der Waals surface area contributed by atoms with Gasteiger partial charge in [-0.25, -0.2) is 0 Å². The number of piperidine rings is 1. The van der Waals surface area contributed by atoms with Crippen molar-refractivity contribution in [2.24, 2.45) is 11.8 Å². The standard InChI is InChI=1S/C26H36N4O2/c1-19-11-12-24(32-3)22(14-19)18-30-13-7-10-21(17-30)25-23(15-27-28-25)26(31)29(2)16-20-8-5-4-6-9-20/h4-6,8-9,11-12,14,21,23,25,27-28H,7,10,13,15-18H2,1-3H3. The Labute approximate surface area is 191 Å². The minimum Gasteiger partial charge on any atom is -0.496 e. The molecule has 3 atom stereocenters. The molecule has 0 spiro atoms. The minimum absolute atomic E-state index is 0.0397. The molecular weight excluding hydrogens is 400 g/mol. The number of ether oxygens (including phenoxy) is 1. The lowest BCUT2D eigenvalue weighted by Crippen LogP contribution is -2.49. The zero-order chi connectivity index (χ0) is 22.5. The Hall–Kier alpha value is -2.41. The lowest BCUT2D eigenvalue weighted by atomic mass is 9.83. The van der Waals surface area contributed by atoms with Gasteiger partial charge < -0.3 is 9.64 Å². The molecule has 0 aliphatic carbocycles. The fourth-order valence-corrected chi connectivity index (χ4v) is 5.22. The molecule has 4 rings (SSSR count). The van der Waals surface area contributed by atoms with Crippen LogP contribution in [0.1, 0.15) is 29.5 Å². The van der Waals surface area contributed by atoms with Gasteiger partial charge in [-0.2, -0.15) is 0 Å². The highest BCUT2D eigenvalue weighted by Gasteiger charge is 2.40. The van der Waals surface area contributed by atoms with Crippen LogP contribution in [-0.2, 0) is 17.9 Å². The van der Waals surface area contributed by atoms with E-state index >= 15 is 0 Å². The maximum atomic E-state index is 13.3. The maximum Gasteiger partial charge on any atom is 0.228 e. The van der Waals surface area contributed by atoms with Gasteiger partial charge in [-0.05, 0) is 43.9 Å². The summed E-state index contributed by atoms with van der Waals surface area (Å²) in [4.78, 5) is 17.7. The number of amides is 1. The van der Waals surface area contributed by atoms with Crippen LogP contribution in [0.2, 0.25) is 0 Å². The van der Waals surface area contributed by atoms with Crippen molar-refractivity contribution in [3.05, 3.63) is 65.2 Å².